The lowest BCUT2D eigenvalue weighted by Crippen LogP contribution is -1.91. The number of rotatable bonds is 2. The van der Waals surface area contributed by atoms with E-state index in [-0.39, 0.29) is 0 Å². The molecule has 1 aromatic heterocycles. The normalized spacial score (nSPS) is 15.9. The van der Waals surface area contributed by atoms with Gasteiger partial charge < -0.3 is 0 Å². The third kappa shape index (κ3) is 1.38. The first-order chi connectivity index (χ1) is 7.72. The van der Waals surface area contributed by atoms with E-state index in [1.807, 2.05) is 11.8 Å². The molecule has 0 spiro atoms. The van der Waals surface area contributed by atoms with Gasteiger partial charge in [0.2, 0.25) is 0 Å². The number of fused-ring (bicyclic) bond motifs is 1. The number of benzene rings is 1. The van der Waals surface area contributed by atoms with Gasteiger partial charge in [0.05, 0.1) is 5.52 Å². The van der Waals surface area contributed by atoms with E-state index >= 15 is 0 Å². The van der Waals surface area contributed by atoms with Crippen LogP contribution in [0.3, 0.4) is 0 Å². The van der Waals surface area contributed by atoms with Crippen LogP contribution in [-0.2, 0) is 0 Å². The van der Waals surface area contributed by atoms with Crippen molar-refractivity contribution in [3.8, 4) is 0 Å². The Morgan fingerprint density at radius 3 is 2.75 bits per heavy atom. The molecule has 0 unspecified atom stereocenters. The highest BCUT2D eigenvalue weighted by molar-refractivity contribution is 7.98. The molecule has 1 aromatic carbocycles. The smallest absolute Gasteiger partial charge is 0.0937 e. The molecule has 0 bridgehead atoms. The number of hydrogen-bond acceptors (Lipinski definition) is 2. The van der Waals surface area contributed by atoms with E-state index in [0.29, 0.717) is 0 Å². The summed E-state index contributed by atoms with van der Waals surface area (Å²) in [4.78, 5) is 1.45. The molecule has 2 aromatic rings. The molecule has 1 fully saturated rings. The van der Waals surface area contributed by atoms with Gasteiger partial charge in [0.15, 0.2) is 0 Å². The lowest BCUT2D eigenvalue weighted by Gasteiger charge is -2.11. The zero-order chi connectivity index (χ0) is 11.3. The predicted molar refractivity (Wildman–Crippen MR) is 69.3 cm³/mol. The minimum absolute atomic E-state index is 0.807. The summed E-state index contributed by atoms with van der Waals surface area (Å²) >= 11 is 1.87. The van der Waals surface area contributed by atoms with Crippen LogP contribution in [0.2, 0.25) is 0 Å². The van der Waals surface area contributed by atoms with Crippen LogP contribution in [0.15, 0.2) is 11.0 Å². The molecule has 1 aliphatic carbocycles. The molecule has 0 amide bonds. The Hall–Kier alpha value is -0.960. The maximum atomic E-state index is 4.37. The van der Waals surface area contributed by atoms with Gasteiger partial charge in [-0.05, 0) is 56.1 Å². The van der Waals surface area contributed by atoms with Crippen molar-refractivity contribution in [3.63, 3.8) is 0 Å². The number of aromatic nitrogens is 2. The van der Waals surface area contributed by atoms with Gasteiger partial charge in [-0.1, -0.05) is 0 Å². The Morgan fingerprint density at radius 2 is 2.12 bits per heavy atom. The Balaban J connectivity index is 2.38. The number of thioether (sulfide) groups is 1. The van der Waals surface area contributed by atoms with Crippen molar-refractivity contribution in [2.75, 3.05) is 6.26 Å². The topological polar surface area (TPSA) is 28.7 Å². The second-order valence-corrected chi connectivity index (χ2v) is 5.47. The molecular weight excluding hydrogens is 216 g/mol. The lowest BCUT2D eigenvalue weighted by atomic mass is 10.0. The zero-order valence-electron chi connectivity index (χ0n) is 9.92. The molecule has 1 N–H and O–H groups in total. The molecular formula is C13H16N2S. The van der Waals surface area contributed by atoms with Crippen molar-refractivity contribution in [1.29, 1.82) is 0 Å². The number of aromatic amines is 1. The lowest BCUT2D eigenvalue weighted by molar-refractivity contribution is 1.05. The summed E-state index contributed by atoms with van der Waals surface area (Å²) in [5.41, 5.74) is 5.29. The van der Waals surface area contributed by atoms with Crippen molar-refractivity contribution in [2.45, 2.75) is 37.5 Å². The third-order valence-electron chi connectivity index (χ3n) is 3.41. The van der Waals surface area contributed by atoms with E-state index in [9.17, 15) is 0 Å². The quantitative estimate of drug-likeness (QED) is 0.798. The highest BCUT2D eigenvalue weighted by Gasteiger charge is 2.29. The first-order valence-corrected chi connectivity index (χ1v) is 6.97. The van der Waals surface area contributed by atoms with Gasteiger partial charge in [0.1, 0.15) is 0 Å². The summed E-state index contributed by atoms with van der Waals surface area (Å²) in [5, 5.41) is 8.81. The van der Waals surface area contributed by atoms with Crippen molar-refractivity contribution in [2.24, 2.45) is 0 Å². The summed E-state index contributed by atoms with van der Waals surface area (Å²) < 4.78 is 0. The molecule has 84 valence electrons. The highest BCUT2D eigenvalue weighted by Crippen LogP contribution is 2.47. The van der Waals surface area contributed by atoms with Crippen molar-refractivity contribution in [3.05, 3.63) is 22.9 Å². The largest absolute Gasteiger partial charge is 0.282 e. The second kappa shape index (κ2) is 3.52. The molecule has 3 rings (SSSR count). The molecule has 0 atom stereocenters. The van der Waals surface area contributed by atoms with Crippen LogP contribution in [0.4, 0.5) is 0 Å². The van der Waals surface area contributed by atoms with Gasteiger partial charge in [-0.3, -0.25) is 5.10 Å². The Labute approximate surface area is 99.8 Å². The van der Waals surface area contributed by atoms with Gasteiger partial charge in [-0.2, -0.15) is 5.10 Å². The average Bonchev–Trinajstić information content (AvgIpc) is 3.03. The minimum Gasteiger partial charge on any atom is -0.282 e. The van der Waals surface area contributed by atoms with Crippen LogP contribution >= 0.6 is 11.8 Å². The van der Waals surface area contributed by atoms with Crippen molar-refractivity contribution >= 4 is 22.7 Å². The van der Waals surface area contributed by atoms with Crippen LogP contribution in [-0.4, -0.2) is 16.5 Å². The van der Waals surface area contributed by atoms with E-state index in [1.54, 1.807) is 5.56 Å². The van der Waals surface area contributed by atoms with E-state index in [4.69, 9.17) is 0 Å². The SMILES string of the molecule is CSc1c(C2CC2)c(C)cc2n[nH]c(C)c12. The number of nitrogens with zero attached hydrogens (tertiary/aromatic N) is 1. The Morgan fingerprint density at radius 1 is 1.38 bits per heavy atom. The molecule has 3 heteroatoms. The summed E-state index contributed by atoms with van der Waals surface area (Å²) in [5.74, 6) is 0.807. The van der Waals surface area contributed by atoms with Crippen LogP contribution in [0.5, 0.6) is 0 Å². The van der Waals surface area contributed by atoms with Crippen LogP contribution in [0.1, 0.15) is 35.6 Å². The standard InChI is InChI=1S/C13H16N2S/c1-7-6-10-12(8(2)14-15-10)13(16-3)11(7)9-4-5-9/h6,9H,4-5H2,1-3H3,(H,14,15). The van der Waals surface area contributed by atoms with Gasteiger partial charge in [0, 0.05) is 16.0 Å². The molecule has 1 heterocycles. The molecule has 2 nitrogen and oxygen atoms in total. The number of nitrogens with one attached hydrogen (secondary N) is 1. The Bertz CT molecular complexity index is 553. The monoisotopic (exact) mass is 232 g/mol. The van der Waals surface area contributed by atoms with Crippen molar-refractivity contribution in [1.82, 2.24) is 10.2 Å². The average molecular weight is 232 g/mol. The fraction of sp³-hybridized carbons (Fsp3) is 0.462. The maximum Gasteiger partial charge on any atom is 0.0937 e. The van der Waals surface area contributed by atoms with E-state index < -0.39 is 0 Å². The van der Waals surface area contributed by atoms with Gasteiger partial charge in [-0.25, -0.2) is 0 Å². The van der Waals surface area contributed by atoms with Gasteiger partial charge in [-0.15, -0.1) is 11.8 Å². The molecule has 1 saturated carbocycles. The summed E-state index contributed by atoms with van der Waals surface area (Å²) in [6.07, 6.45) is 4.89. The Kier molecular flexibility index (Phi) is 2.25. The zero-order valence-corrected chi connectivity index (χ0v) is 10.7. The van der Waals surface area contributed by atoms with Crippen LogP contribution in [0.25, 0.3) is 10.9 Å². The van der Waals surface area contributed by atoms with E-state index in [2.05, 4.69) is 36.4 Å². The number of aryl methyl sites for hydroxylation is 2. The summed E-state index contributed by atoms with van der Waals surface area (Å²) in [6, 6.07) is 2.23. The molecule has 0 saturated heterocycles. The first-order valence-electron chi connectivity index (χ1n) is 5.74. The highest BCUT2D eigenvalue weighted by atomic mass is 32.2. The molecule has 0 radical (unpaired) electrons. The molecule has 0 aliphatic heterocycles. The maximum absolute atomic E-state index is 4.37. The third-order valence-corrected chi connectivity index (χ3v) is 4.25. The van der Waals surface area contributed by atoms with Crippen LogP contribution in [0, 0.1) is 13.8 Å². The first kappa shape index (κ1) is 10.2. The van der Waals surface area contributed by atoms with E-state index in [0.717, 1.165) is 11.4 Å². The van der Waals surface area contributed by atoms with Crippen LogP contribution < -0.4 is 0 Å². The fourth-order valence-electron chi connectivity index (χ4n) is 2.53. The molecule has 16 heavy (non-hydrogen) atoms. The second-order valence-electron chi connectivity index (χ2n) is 4.66. The summed E-state index contributed by atoms with van der Waals surface area (Å²) in [7, 11) is 0. The summed E-state index contributed by atoms with van der Waals surface area (Å²) in [6.45, 7) is 4.33. The number of H-pyrrole nitrogens is 1. The van der Waals surface area contributed by atoms with Crippen molar-refractivity contribution < 1.29 is 0 Å². The molecule has 1 aliphatic rings. The minimum atomic E-state index is 0.807. The fourth-order valence-corrected chi connectivity index (χ4v) is 3.54. The van der Waals surface area contributed by atoms with Gasteiger partial charge >= 0.3 is 0 Å². The predicted octanol–water partition coefficient (Wildman–Crippen LogP) is 3.78. The number of hydrogen-bond donors (Lipinski definition) is 1. The van der Waals surface area contributed by atoms with E-state index in [1.165, 1.54) is 34.4 Å². The van der Waals surface area contributed by atoms with Gasteiger partial charge in [0.25, 0.3) is 0 Å².